The van der Waals surface area contributed by atoms with Gasteiger partial charge in [-0.3, -0.25) is 9.59 Å². The molecular formula is C22H20FN3O2. The minimum atomic E-state index is -0.424. The van der Waals surface area contributed by atoms with Crippen LogP contribution in [-0.4, -0.2) is 25.4 Å². The van der Waals surface area contributed by atoms with Crippen molar-refractivity contribution in [3.63, 3.8) is 0 Å². The predicted molar refractivity (Wildman–Crippen MR) is 109 cm³/mol. The summed E-state index contributed by atoms with van der Waals surface area (Å²) < 4.78 is 13.6. The van der Waals surface area contributed by atoms with Gasteiger partial charge in [-0.25, -0.2) is 4.39 Å². The molecule has 2 N–H and O–H groups in total. The molecule has 0 saturated heterocycles. The Bertz CT molecular complexity index is 976. The lowest BCUT2D eigenvalue weighted by atomic mass is 10.1. The number of nitrogens with zero attached hydrogens (tertiary/aromatic N) is 1. The average molecular weight is 377 g/mol. The van der Waals surface area contributed by atoms with Crippen LogP contribution >= 0.6 is 0 Å². The summed E-state index contributed by atoms with van der Waals surface area (Å²) in [5, 5.41) is 5.46. The molecule has 0 aliphatic carbocycles. The van der Waals surface area contributed by atoms with E-state index in [2.05, 4.69) is 10.6 Å². The summed E-state index contributed by atoms with van der Waals surface area (Å²) in [4.78, 5) is 26.4. The van der Waals surface area contributed by atoms with Crippen LogP contribution in [0.2, 0.25) is 0 Å². The first-order valence-corrected chi connectivity index (χ1v) is 8.76. The van der Waals surface area contributed by atoms with Gasteiger partial charge in [-0.05, 0) is 42.5 Å². The molecule has 0 saturated carbocycles. The van der Waals surface area contributed by atoms with Crippen LogP contribution in [0, 0.1) is 5.82 Å². The van der Waals surface area contributed by atoms with Gasteiger partial charge in [0.2, 0.25) is 5.91 Å². The highest BCUT2D eigenvalue weighted by molar-refractivity contribution is 6.06. The Morgan fingerprint density at radius 1 is 0.929 bits per heavy atom. The van der Waals surface area contributed by atoms with Crippen molar-refractivity contribution in [2.45, 2.75) is 0 Å². The highest BCUT2D eigenvalue weighted by atomic mass is 19.1. The first-order chi connectivity index (χ1) is 13.5. The molecule has 142 valence electrons. The molecule has 0 aliphatic rings. The number of para-hydroxylation sites is 2. The largest absolute Gasteiger partial charge is 0.374 e. The topological polar surface area (TPSA) is 61.4 Å². The molecule has 3 aromatic carbocycles. The molecule has 2 amide bonds. The number of carbonyl (C=O) groups excluding carboxylic acids is 2. The van der Waals surface area contributed by atoms with Crippen molar-refractivity contribution in [2.75, 3.05) is 29.1 Å². The first-order valence-electron chi connectivity index (χ1n) is 8.76. The van der Waals surface area contributed by atoms with Crippen molar-refractivity contribution in [3.05, 3.63) is 90.2 Å². The van der Waals surface area contributed by atoms with Crippen molar-refractivity contribution < 1.29 is 14.0 Å². The number of anilines is 3. The first kappa shape index (κ1) is 19.1. The van der Waals surface area contributed by atoms with Crippen molar-refractivity contribution in [2.24, 2.45) is 0 Å². The number of rotatable bonds is 6. The van der Waals surface area contributed by atoms with Crippen LogP contribution in [-0.2, 0) is 4.79 Å². The lowest BCUT2D eigenvalue weighted by molar-refractivity contribution is -0.114. The van der Waals surface area contributed by atoms with Crippen molar-refractivity contribution in [3.8, 4) is 0 Å². The highest BCUT2D eigenvalue weighted by Gasteiger charge is 2.14. The molecule has 0 radical (unpaired) electrons. The van der Waals surface area contributed by atoms with Crippen LogP contribution in [0.4, 0.5) is 21.5 Å². The Labute approximate surface area is 162 Å². The lowest BCUT2D eigenvalue weighted by Gasteiger charge is -2.17. The molecule has 3 aromatic rings. The zero-order valence-electron chi connectivity index (χ0n) is 15.4. The minimum absolute atomic E-state index is 0.0942. The molecule has 0 bridgehead atoms. The zero-order chi connectivity index (χ0) is 19.9. The van der Waals surface area contributed by atoms with E-state index in [1.165, 1.54) is 6.07 Å². The summed E-state index contributed by atoms with van der Waals surface area (Å²) in [5.41, 5.74) is 1.97. The second-order valence-electron chi connectivity index (χ2n) is 6.16. The maximum absolute atomic E-state index is 13.6. The normalized spacial score (nSPS) is 10.2. The third-order valence-corrected chi connectivity index (χ3v) is 4.15. The van der Waals surface area contributed by atoms with E-state index >= 15 is 0 Å². The molecule has 0 fully saturated rings. The number of nitrogens with one attached hydrogen (secondary N) is 2. The summed E-state index contributed by atoms with van der Waals surface area (Å²) >= 11 is 0. The van der Waals surface area contributed by atoms with E-state index in [0.717, 1.165) is 5.69 Å². The van der Waals surface area contributed by atoms with Gasteiger partial charge < -0.3 is 15.5 Å². The van der Waals surface area contributed by atoms with Gasteiger partial charge in [-0.15, -0.1) is 0 Å². The van der Waals surface area contributed by atoms with Gasteiger partial charge in [0.05, 0.1) is 12.2 Å². The van der Waals surface area contributed by atoms with Gasteiger partial charge in [-0.1, -0.05) is 36.4 Å². The van der Waals surface area contributed by atoms with Gasteiger partial charge in [0.1, 0.15) is 5.82 Å². The van der Waals surface area contributed by atoms with E-state index in [0.29, 0.717) is 11.3 Å². The Morgan fingerprint density at radius 3 is 2.39 bits per heavy atom. The number of hydrogen-bond donors (Lipinski definition) is 2. The third kappa shape index (κ3) is 4.73. The molecule has 5 nitrogen and oxygen atoms in total. The Morgan fingerprint density at radius 2 is 1.64 bits per heavy atom. The number of halogens is 1. The molecular weight excluding hydrogens is 357 g/mol. The number of amides is 2. The summed E-state index contributed by atoms with van der Waals surface area (Å²) in [6.45, 7) is -0.0942. The molecule has 3 rings (SSSR count). The fraction of sp³-hybridized carbons (Fsp3) is 0.0909. The fourth-order valence-corrected chi connectivity index (χ4v) is 2.68. The molecule has 28 heavy (non-hydrogen) atoms. The lowest BCUT2D eigenvalue weighted by Crippen LogP contribution is -2.26. The second kappa shape index (κ2) is 8.81. The Kier molecular flexibility index (Phi) is 6.01. The third-order valence-electron chi connectivity index (χ3n) is 4.15. The van der Waals surface area contributed by atoms with E-state index in [1.807, 2.05) is 30.3 Å². The van der Waals surface area contributed by atoms with E-state index < -0.39 is 5.82 Å². The second-order valence-corrected chi connectivity index (χ2v) is 6.16. The standard InChI is InChI=1S/C22H20FN3O2/c1-26(18-10-3-2-4-11-18)22(28)16-8-7-9-17(14-16)25-21(27)15-24-20-13-6-5-12-19(20)23/h2-14,24H,15H2,1H3,(H,25,27). The summed E-state index contributed by atoms with van der Waals surface area (Å²) in [5.74, 6) is -0.956. The van der Waals surface area contributed by atoms with Gasteiger partial charge in [-0.2, -0.15) is 0 Å². The van der Waals surface area contributed by atoms with Gasteiger partial charge >= 0.3 is 0 Å². The van der Waals surface area contributed by atoms with Gasteiger partial charge in [0.15, 0.2) is 0 Å². The number of carbonyl (C=O) groups is 2. The predicted octanol–water partition coefficient (Wildman–Crippen LogP) is 4.15. The molecule has 0 aliphatic heterocycles. The molecule has 0 aromatic heterocycles. The van der Waals surface area contributed by atoms with Crippen LogP contribution in [0.1, 0.15) is 10.4 Å². The SMILES string of the molecule is CN(C(=O)c1cccc(NC(=O)CNc2ccccc2F)c1)c1ccccc1. The van der Waals surface area contributed by atoms with E-state index in [-0.39, 0.29) is 24.0 Å². The van der Waals surface area contributed by atoms with Crippen molar-refractivity contribution >= 4 is 28.9 Å². The fourth-order valence-electron chi connectivity index (χ4n) is 2.68. The minimum Gasteiger partial charge on any atom is -0.374 e. The smallest absolute Gasteiger partial charge is 0.258 e. The molecule has 0 spiro atoms. The highest BCUT2D eigenvalue weighted by Crippen LogP contribution is 2.17. The number of benzene rings is 3. The quantitative estimate of drug-likeness (QED) is 0.678. The summed E-state index contributed by atoms with van der Waals surface area (Å²) in [7, 11) is 1.70. The van der Waals surface area contributed by atoms with Crippen LogP contribution in [0.25, 0.3) is 0 Å². The Balaban J connectivity index is 1.63. The van der Waals surface area contributed by atoms with Crippen LogP contribution in [0.5, 0.6) is 0 Å². The summed E-state index contributed by atoms with van der Waals surface area (Å²) in [6, 6.07) is 22.1. The number of hydrogen-bond acceptors (Lipinski definition) is 3. The van der Waals surface area contributed by atoms with E-state index in [9.17, 15) is 14.0 Å². The van der Waals surface area contributed by atoms with Crippen LogP contribution in [0.15, 0.2) is 78.9 Å². The van der Waals surface area contributed by atoms with Crippen LogP contribution in [0.3, 0.4) is 0 Å². The molecule has 0 unspecified atom stereocenters. The maximum atomic E-state index is 13.6. The van der Waals surface area contributed by atoms with E-state index in [1.54, 1.807) is 54.4 Å². The van der Waals surface area contributed by atoms with Crippen molar-refractivity contribution in [1.82, 2.24) is 0 Å². The monoisotopic (exact) mass is 377 g/mol. The van der Waals surface area contributed by atoms with Crippen molar-refractivity contribution in [1.29, 1.82) is 0 Å². The average Bonchev–Trinajstić information content (AvgIpc) is 2.73. The Hall–Kier alpha value is -3.67. The molecule has 0 heterocycles. The molecule has 6 heteroatoms. The van der Waals surface area contributed by atoms with Gasteiger partial charge in [0.25, 0.3) is 5.91 Å². The van der Waals surface area contributed by atoms with Gasteiger partial charge in [0, 0.05) is 24.0 Å². The van der Waals surface area contributed by atoms with E-state index in [4.69, 9.17) is 0 Å². The maximum Gasteiger partial charge on any atom is 0.258 e. The zero-order valence-corrected chi connectivity index (χ0v) is 15.4. The van der Waals surface area contributed by atoms with Crippen LogP contribution < -0.4 is 15.5 Å². The summed E-state index contributed by atoms with van der Waals surface area (Å²) in [6.07, 6.45) is 0. The molecule has 0 atom stereocenters.